The monoisotopic (exact) mass is 264 g/mol. The number of rotatable bonds is 6. The molecule has 1 N–H and O–H groups in total. The van der Waals surface area contributed by atoms with E-state index in [9.17, 15) is 0 Å². The maximum Gasteiger partial charge on any atom is 0.161 e. The topological polar surface area (TPSA) is 33.7 Å². The lowest BCUT2D eigenvalue weighted by atomic mass is 10.1. The van der Waals surface area contributed by atoms with Gasteiger partial charge >= 0.3 is 0 Å². The van der Waals surface area contributed by atoms with Gasteiger partial charge in [0.15, 0.2) is 11.5 Å². The zero-order valence-electron chi connectivity index (χ0n) is 12.1. The molecule has 0 aliphatic carbocycles. The lowest BCUT2D eigenvalue weighted by Gasteiger charge is -2.21. The maximum absolute atomic E-state index is 5.34. The second kappa shape index (κ2) is 6.78. The molecule has 1 heterocycles. The van der Waals surface area contributed by atoms with Gasteiger partial charge in [-0.2, -0.15) is 0 Å². The molecule has 4 heteroatoms. The van der Waals surface area contributed by atoms with Crippen molar-refractivity contribution in [2.45, 2.75) is 13.0 Å². The maximum atomic E-state index is 5.34. The first kappa shape index (κ1) is 14.2. The fourth-order valence-electron chi connectivity index (χ4n) is 2.67. The van der Waals surface area contributed by atoms with Crippen LogP contribution < -0.4 is 14.8 Å². The third-order valence-electron chi connectivity index (χ3n) is 3.63. The Morgan fingerprint density at radius 1 is 1.26 bits per heavy atom. The van der Waals surface area contributed by atoms with Gasteiger partial charge in [-0.3, -0.25) is 0 Å². The summed E-state index contributed by atoms with van der Waals surface area (Å²) in [7, 11) is 5.52. The van der Waals surface area contributed by atoms with E-state index in [0.29, 0.717) is 0 Å². The van der Waals surface area contributed by atoms with E-state index >= 15 is 0 Å². The number of nitrogens with zero attached hydrogens (tertiary/aromatic N) is 1. The van der Waals surface area contributed by atoms with Gasteiger partial charge in [-0.25, -0.2) is 0 Å². The SMILES string of the molecule is COc1ccc(CN(C)CC2CCNC2)cc1OC. The summed E-state index contributed by atoms with van der Waals surface area (Å²) in [6.45, 7) is 4.39. The molecule has 106 valence electrons. The van der Waals surface area contributed by atoms with Gasteiger partial charge in [0.25, 0.3) is 0 Å². The Kier molecular flexibility index (Phi) is 5.05. The first-order valence-corrected chi connectivity index (χ1v) is 6.83. The van der Waals surface area contributed by atoms with Crippen LogP contribution in [0.3, 0.4) is 0 Å². The molecule has 0 radical (unpaired) electrons. The number of hydrogen-bond donors (Lipinski definition) is 1. The van der Waals surface area contributed by atoms with Crippen LogP contribution in [0, 0.1) is 5.92 Å². The van der Waals surface area contributed by atoms with Gasteiger partial charge in [-0.1, -0.05) is 6.07 Å². The molecular formula is C15H24N2O2. The first-order valence-electron chi connectivity index (χ1n) is 6.83. The molecule has 1 unspecified atom stereocenters. The number of hydrogen-bond acceptors (Lipinski definition) is 4. The number of methoxy groups -OCH3 is 2. The average Bonchev–Trinajstić information content (AvgIpc) is 2.91. The zero-order valence-corrected chi connectivity index (χ0v) is 12.1. The van der Waals surface area contributed by atoms with Gasteiger partial charge in [0.1, 0.15) is 0 Å². The Morgan fingerprint density at radius 2 is 2.05 bits per heavy atom. The molecule has 1 aliphatic heterocycles. The summed E-state index contributed by atoms with van der Waals surface area (Å²) in [6, 6.07) is 6.13. The molecule has 0 spiro atoms. The highest BCUT2D eigenvalue weighted by Crippen LogP contribution is 2.28. The molecule has 1 aromatic carbocycles. The second-order valence-corrected chi connectivity index (χ2v) is 5.24. The van der Waals surface area contributed by atoms with Crippen LogP contribution in [0.1, 0.15) is 12.0 Å². The lowest BCUT2D eigenvalue weighted by Crippen LogP contribution is -2.26. The molecule has 2 rings (SSSR count). The van der Waals surface area contributed by atoms with Gasteiger partial charge < -0.3 is 19.7 Å². The molecule has 1 atom stereocenters. The average molecular weight is 264 g/mol. The molecule has 1 aliphatic rings. The van der Waals surface area contributed by atoms with E-state index in [0.717, 1.165) is 43.6 Å². The van der Waals surface area contributed by atoms with Crippen molar-refractivity contribution in [2.75, 3.05) is 40.9 Å². The van der Waals surface area contributed by atoms with Gasteiger partial charge in [-0.05, 0) is 50.2 Å². The highest BCUT2D eigenvalue weighted by atomic mass is 16.5. The number of ether oxygens (including phenoxy) is 2. The van der Waals surface area contributed by atoms with Crippen LogP contribution in [-0.2, 0) is 6.54 Å². The molecule has 0 amide bonds. The van der Waals surface area contributed by atoms with Crippen LogP contribution in [0.5, 0.6) is 11.5 Å². The number of nitrogens with one attached hydrogen (secondary N) is 1. The molecule has 0 saturated carbocycles. The second-order valence-electron chi connectivity index (χ2n) is 5.24. The summed E-state index contributed by atoms with van der Waals surface area (Å²) in [5.74, 6) is 2.37. The standard InChI is InChI=1S/C15H24N2O2/c1-17(11-13-6-7-16-9-13)10-12-4-5-14(18-2)15(8-12)19-3/h4-5,8,13,16H,6-7,9-11H2,1-3H3. The van der Waals surface area contributed by atoms with Crippen LogP contribution in [0.2, 0.25) is 0 Å². The van der Waals surface area contributed by atoms with Crippen molar-refractivity contribution in [1.29, 1.82) is 0 Å². The minimum absolute atomic E-state index is 0.783. The normalized spacial score (nSPS) is 18.8. The smallest absolute Gasteiger partial charge is 0.161 e. The molecule has 1 fully saturated rings. The van der Waals surface area contributed by atoms with Gasteiger partial charge in [0.2, 0.25) is 0 Å². The lowest BCUT2D eigenvalue weighted by molar-refractivity contribution is 0.277. The van der Waals surface area contributed by atoms with E-state index in [-0.39, 0.29) is 0 Å². The van der Waals surface area contributed by atoms with E-state index in [1.54, 1.807) is 14.2 Å². The van der Waals surface area contributed by atoms with Crippen molar-refractivity contribution in [2.24, 2.45) is 5.92 Å². The predicted molar refractivity (Wildman–Crippen MR) is 76.9 cm³/mol. The Balaban J connectivity index is 1.94. The summed E-state index contributed by atoms with van der Waals surface area (Å²) in [4.78, 5) is 2.37. The quantitative estimate of drug-likeness (QED) is 0.848. The Bertz CT molecular complexity index is 403. The van der Waals surface area contributed by atoms with Crippen molar-refractivity contribution in [3.63, 3.8) is 0 Å². The molecule has 4 nitrogen and oxygen atoms in total. The summed E-state index contributed by atoms with van der Waals surface area (Å²) in [5, 5.41) is 3.41. The first-order chi connectivity index (χ1) is 9.22. The van der Waals surface area contributed by atoms with E-state index in [4.69, 9.17) is 9.47 Å². The van der Waals surface area contributed by atoms with Gasteiger partial charge in [0, 0.05) is 13.1 Å². The molecule has 0 bridgehead atoms. The summed E-state index contributed by atoms with van der Waals surface area (Å²) in [5.41, 5.74) is 1.26. The van der Waals surface area contributed by atoms with E-state index in [1.807, 2.05) is 6.07 Å². The third-order valence-corrected chi connectivity index (χ3v) is 3.63. The highest BCUT2D eigenvalue weighted by molar-refractivity contribution is 5.42. The number of benzene rings is 1. The predicted octanol–water partition coefficient (Wildman–Crippen LogP) is 1.75. The van der Waals surface area contributed by atoms with Crippen molar-refractivity contribution in [3.05, 3.63) is 23.8 Å². The van der Waals surface area contributed by atoms with Crippen LogP contribution in [0.4, 0.5) is 0 Å². The van der Waals surface area contributed by atoms with E-state index < -0.39 is 0 Å². The van der Waals surface area contributed by atoms with E-state index in [2.05, 4.69) is 29.4 Å². The van der Waals surface area contributed by atoms with Gasteiger partial charge in [0.05, 0.1) is 14.2 Å². The molecule has 1 aromatic rings. The summed E-state index contributed by atoms with van der Waals surface area (Å²) in [6.07, 6.45) is 1.29. The summed E-state index contributed by atoms with van der Waals surface area (Å²) >= 11 is 0. The molecule has 19 heavy (non-hydrogen) atoms. The molecule has 0 aromatic heterocycles. The summed E-state index contributed by atoms with van der Waals surface area (Å²) < 4.78 is 10.6. The van der Waals surface area contributed by atoms with Crippen LogP contribution in [0.15, 0.2) is 18.2 Å². The van der Waals surface area contributed by atoms with Crippen LogP contribution in [-0.4, -0.2) is 45.8 Å². The largest absolute Gasteiger partial charge is 0.493 e. The fourth-order valence-corrected chi connectivity index (χ4v) is 2.67. The van der Waals surface area contributed by atoms with E-state index in [1.165, 1.54) is 12.0 Å². The Morgan fingerprint density at radius 3 is 2.68 bits per heavy atom. The van der Waals surface area contributed by atoms with Gasteiger partial charge in [-0.15, -0.1) is 0 Å². The zero-order chi connectivity index (χ0) is 13.7. The van der Waals surface area contributed by atoms with Crippen molar-refractivity contribution in [1.82, 2.24) is 10.2 Å². The Labute approximate surface area is 115 Å². The van der Waals surface area contributed by atoms with Crippen molar-refractivity contribution < 1.29 is 9.47 Å². The minimum atomic E-state index is 0.783. The molecule has 1 saturated heterocycles. The molecular weight excluding hydrogens is 240 g/mol. The Hall–Kier alpha value is -1.26. The fraction of sp³-hybridized carbons (Fsp3) is 0.600. The van der Waals surface area contributed by atoms with Crippen LogP contribution in [0.25, 0.3) is 0 Å². The minimum Gasteiger partial charge on any atom is -0.493 e. The highest BCUT2D eigenvalue weighted by Gasteiger charge is 2.16. The van der Waals surface area contributed by atoms with Crippen LogP contribution >= 0.6 is 0 Å². The van der Waals surface area contributed by atoms with Crippen molar-refractivity contribution in [3.8, 4) is 11.5 Å². The van der Waals surface area contributed by atoms with Crippen molar-refractivity contribution >= 4 is 0 Å². The third kappa shape index (κ3) is 3.85.